The second kappa shape index (κ2) is 11.5. The van der Waals surface area contributed by atoms with Crippen molar-refractivity contribution < 1.29 is 4.74 Å². The van der Waals surface area contributed by atoms with Crippen LogP contribution in [0.4, 0.5) is 11.4 Å². The normalized spacial score (nSPS) is 13.1. The summed E-state index contributed by atoms with van der Waals surface area (Å²) in [6, 6.07) is 13.3. The van der Waals surface area contributed by atoms with E-state index in [9.17, 15) is 0 Å². The molecule has 0 aromatic heterocycles. The largest absolute Gasteiger partial charge is 0.385 e. The van der Waals surface area contributed by atoms with Crippen molar-refractivity contribution in [2.75, 3.05) is 43.6 Å². The van der Waals surface area contributed by atoms with Gasteiger partial charge in [-0.05, 0) is 80.1 Å². The lowest BCUT2D eigenvalue weighted by Gasteiger charge is -2.32. The Balaban J connectivity index is 1.77. The van der Waals surface area contributed by atoms with Crippen molar-refractivity contribution in [3.63, 3.8) is 0 Å². The van der Waals surface area contributed by atoms with Crippen LogP contribution in [0.2, 0.25) is 0 Å². The van der Waals surface area contributed by atoms with Crippen LogP contribution >= 0.6 is 12.2 Å². The first kappa shape index (κ1) is 23.6. The summed E-state index contributed by atoms with van der Waals surface area (Å²) >= 11 is 5.87. The summed E-state index contributed by atoms with van der Waals surface area (Å²) in [5.74, 6) is 0. The van der Waals surface area contributed by atoms with Gasteiger partial charge in [0.1, 0.15) is 0 Å². The number of hydrogen-bond acceptors (Lipinski definition) is 3. The summed E-state index contributed by atoms with van der Waals surface area (Å²) in [6.45, 7) is 11.2. The molecular weight excluding hydrogens is 402 g/mol. The van der Waals surface area contributed by atoms with Crippen LogP contribution in [0.5, 0.6) is 0 Å². The molecule has 2 aromatic carbocycles. The predicted octanol–water partition coefficient (Wildman–Crippen LogP) is 5.70. The number of rotatable bonds is 9. The Morgan fingerprint density at radius 3 is 2.68 bits per heavy atom. The summed E-state index contributed by atoms with van der Waals surface area (Å²) in [6.07, 6.45) is 4.53. The van der Waals surface area contributed by atoms with Gasteiger partial charge in [0.2, 0.25) is 0 Å². The van der Waals surface area contributed by atoms with Gasteiger partial charge in [-0.15, -0.1) is 0 Å². The maximum atomic E-state index is 5.87. The van der Waals surface area contributed by atoms with E-state index in [1.807, 2.05) is 0 Å². The van der Waals surface area contributed by atoms with Crippen LogP contribution in [0.3, 0.4) is 0 Å². The zero-order valence-corrected chi connectivity index (χ0v) is 20.4. The zero-order chi connectivity index (χ0) is 22.2. The number of aryl methyl sites for hydroxylation is 3. The minimum atomic E-state index is 0.735. The average molecular weight is 440 g/mol. The Morgan fingerprint density at radius 1 is 1.19 bits per heavy atom. The molecule has 0 radical (unpaired) electrons. The van der Waals surface area contributed by atoms with Gasteiger partial charge < -0.3 is 19.9 Å². The van der Waals surface area contributed by atoms with E-state index in [0.717, 1.165) is 49.9 Å². The van der Waals surface area contributed by atoms with Crippen LogP contribution < -0.4 is 10.2 Å². The smallest absolute Gasteiger partial charge is 0.173 e. The molecule has 5 heteroatoms. The minimum absolute atomic E-state index is 0.735. The van der Waals surface area contributed by atoms with Crippen molar-refractivity contribution >= 4 is 28.7 Å². The molecule has 2 aromatic rings. The quantitative estimate of drug-likeness (QED) is 0.399. The van der Waals surface area contributed by atoms with E-state index in [1.165, 1.54) is 47.3 Å². The number of thiocarbonyl (C=S) groups is 1. The molecule has 1 heterocycles. The van der Waals surface area contributed by atoms with E-state index in [4.69, 9.17) is 17.0 Å². The standard InChI is InChI=1S/C26H37N3OS/c1-5-14-28-15-7-11-23-18-22(12-13-24(23)28)19-29(16-8-17-30-4)26(31)27-25-20(2)9-6-10-21(25)3/h6,9-10,12-13,18H,5,7-8,11,14-17,19H2,1-4H3,(H,27,31). The third-order valence-electron chi connectivity index (χ3n) is 6.00. The summed E-state index contributed by atoms with van der Waals surface area (Å²) in [7, 11) is 1.75. The van der Waals surface area contributed by atoms with Gasteiger partial charge in [-0.1, -0.05) is 37.3 Å². The fraction of sp³-hybridized carbons (Fsp3) is 0.500. The van der Waals surface area contributed by atoms with E-state index >= 15 is 0 Å². The summed E-state index contributed by atoms with van der Waals surface area (Å²) in [4.78, 5) is 4.81. The average Bonchev–Trinajstić information content (AvgIpc) is 2.76. The summed E-state index contributed by atoms with van der Waals surface area (Å²) < 4.78 is 5.29. The fourth-order valence-electron chi connectivity index (χ4n) is 4.40. The van der Waals surface area contributed by atoms with E-state index in [0.29, 0.717) is 0 Å². The number of methoxy groups -OCH3 is 1. The Hall–Kier alpha value is -2.11. The molecule has 1 N–H and O–H groups in total. The minimum Gasteiger partial charge on any atom is -0.385 e. The predicted molar refractivity (Wildman–Crippen MR) is 136 cm³/mol. The van der Waals surface area contributed by atoms with Crippen LogP contribution in [-0.4, -0.2) is 43.4 Å². The summed E-state index contributed by atoms with van der Waals surface area (Å²) in [5, 5.41) is 4.30. The van der Waals surface area contributed by atoms with Gasteiger partial charge in [0, 0.05) is 51.3 Å². The zero-order valence-electron chi connectivity index (χ0n) is 19.5. The van der Waals surface area contributed by atoms with Crippen molar-refractivity contribution in [3.05, 3.63) is 58.7 Å². The molecule has 0 spiro atoms. The number of nitrogens with zero attached hydrogens (tertiary/aromatic N) is 2. The van der Waals surface area contributed by atoms with Crippen LogP contribution in [0, 0.1) is 13.8 Å². The van der Waals surface area contributed by atoms with Gasteiger partial charge in [-0.25, -0.2) is 0 Å². The molecular formula is C26H37N3OS. The first-order valence-electron chi connectivity index (χ1n) is 11.5. The highest BCUT2D eigenvalue weighted by atomic mass is 32.1. The third kappa shape index (κ3) is 6.20. The molecule has 3 rings (SSSR count). The van der Waals surface area contributed by atoms with Crippen molar-refractivity contribution in [2.45, 2.75) is 53.0 Å². The van der Waals surface area contributed by atoms with Gasteiger partial charge in [-0.3, -0.25) is 0 Å². The van der Waals surface area contributed by atoms with Gasteiger partial charge in [-0.2, -0.15) is 0 Å². The van der Waals surface area contributed by atoms with Crippen LogP contribution in [0.1, 0.15) is 48.4 Å². The second-order valence-corrected chi connectivity index (χ2v) is 8.91. The topological polar surface area (TPSA) is 27.7 Å². The highest BCUT2D eigenvalue weighted by Crippen LogP contribution is 2.29. The molecule has 0 aliphatic carbocycles. The van der Waals surface area contributed by atoms with Crippen molar-refractivity contribution in [1.29, 1.82) is 0 Å². The highest BCUT2D eigenvalue weighted by Gasteiger charge is 2.18. The molecule has 0 bridgehead atoms. The van der Waals surface area contributed by atoms with Crippen molar-refractivity contribution in [3.8, 4) is 0 Å². The maximum absolute atomic E-state index is 5.87. The van der Waals surface area contributed by atoms with Crippen molar-refractivity contribution in [1.82, 2.24) is 4.90 Å². The van der Waals surface area contributed by atoms with Gasteiger partial charge in [0.05, 0.1) is 0 Å². The Labute approximate surface area is 193 Å². The summed E-state index contributed by atoms with van der Waals surface area (Å²) in [5.41, 5.74) is 7.75. The lowest BCUT2D eigenvalue weighted by Crippen LogP contribution is -2.36. The van der Waals surface area contributed by atoms with Gasteiger partial charge in [0.25, 0.3) is 0 Å². The second-order valence-electron chi connectivity index (χ2n) is 8.52. The molecule has 0 atom stereocenters. The highest BCUT2D eigenvalue weighted by molar-refractivity contribution is 7.80. The number of nitrogens with one attached hydrogen (secondary N) is 1. The maximum Gasteiger partial charge on any atom is 0.173 e. The number of fused-ring (bicyclic) bond motifs is 1. The monoisotopic (exact) mass is 439 g/mol. The molecule has 1 aliphatic rings. The SMILES string of the molecule is CCCN1CCCc2cc(CN(CCCOC)C(=S)Nc3c(C)cccc3C)ccc21. The van der Waals surface area contributed by atoms with E-state index < -0.39 is 0 Å². The van der Waals surface area contributed by atoms with E-state index in [1.54, 1.807) is 7.11 Å². The van der Waals surface area contributed by atoms with Crippen LogP contribution in [-0.2, 0) is 17.7 Å². The first-order valence-corrected chi connectivity index (χ1v) is 11.9. The Kier molecular flexibility index (Phi) is 8.73. The van der Waals surface area contributed by atoms with Crippen LogP contribution in [0.15, 0.2) is 36.4 Å². The van der Waals surface area contributed by atoms with E-state index in [-0.39, 0.29) is 0 Å². The van der Waals surface area contributed by atoms with Gasteiger partial charge in [0.15, 0.2) is 5.11 Å². The molecule has 0 unspecified atom stereocenters. The number of anilines is 2. The molecule has 0 saturated carbocycles. The van der Waals surface area contributed by atoms with E-state index in [2.05, 4.69) is 72.3 Å². The van der Waals surface area contributed by atoms with Gasteiger partial charge >= 0.3 is 0 Å². The molecule has 4 nitrogen and oxygen atoms in total. The number of hydrogen-bond donors (Lipinski definition) is 1. The molecule has 1 aliphatic heterocycles. The molecule has 0 saturated heterocycles. The fourth-order valence-corrected chi connectivity index (χ4v) is 4.66. The number of para-hydroxylation sites is 1. The third-order valence-corrected chi connectivity index (χ3v) is 6.36. The lowest BCUT2D eigenvalue weighted by atomic mass is 9.98. The Bertz CT molecular complexity index is 863. The lowest BCUT2D eigenvalue weighted by molar-refractivity contribution is 0.185. The molecule has 31 heavy (non-hydrogen) atoms. The number of benzene rings is 2. The Morgan fingerprint density at radius 2 is 1.97 bits per heavy atom. The van der Waals surface area contributed by atoms with Crippen molar-refractivity contribution in [2.24, 2.45) is 0 Å². The van der Waals surface area contributed by atoms with Crippen LogP contribution in [0.25, 0.3) is 0 Å². The molecule has 0 fully saturated rings. The molecule has 0 amide bonds. The first-order chi connectivity index (χ1) is 15.0. The number of ether oxygens (including phenoxy) is 1. The molecule has 168 valence electrons.